The summed E-state index contributed by atoms with van der Waals surface area (Å²) in [5, 5.41) is 4.20. The summed E-state index contributed by atoms with van der Waals surface area (Å²) >= 11 is 3.41. The molecular weight excluding hydrogens is 508 g/mol. The van der Waals surface area contributed by atoms with Gasteiger partial charge in [-0.1, -0.05) is 17.9 Å². The summed E-state index contributed by atoms with van der Waals surface area (Å²) in [7, 11) is 2.85. The summed E-state index contributed by atoms with van der Waals surface area (Å²) < 4.78 is 37.1. The molecule has 4 rings (SSSR count). The molecule has 0 aliphatic carbocycles. The predicted molar refractivity (Wildman–Crippen MR) is 126 cm³/mol. The van der Waals surface area contributed by atoms with Gasteiger partial charge < -0.3 is 9.30 Å². The molecule has 0 saturated heterocycles. The maximum Gasteiger partial charge on any atom is 0.339 e. The number of fused-ring (bicyclic) bond motifs is 1. The quantitative estimate of drug-likeness (QED) is 0.292. The Morgan fingerprint density at radius 3 is 2.76 bits per heavy atom. The first-order valence-electron chi connectivity index (χ1n) is 10.1. The minimum Gasteiger partial charge on any atom is -0.465 e. The molecule has 0 aliphatic rings. The molecular formula is C25H18BrF2N3O3. The Kier molecular flexibility index (Phi) is 6.61. The lowest BCUT2D eigenvalue weighted by molar-refractivity contribution is 0.0600. The molecule has 0 aliphatic heterocycles. The third kappa shape index (κ3) is 4.37. The highest BCUT2D eigenvalue weighted by Gasteiger charge is 2.22. The molecule has 1 aromatic carbocycles. The van der Waals surface area contributed by atoms with Gasteiger partial charge in [0.25, 0.3) is 5.56 Å². The van der Waals surface area contributed by atoms with E-state index >= 15 is 0 Å². The summed E-state index contributed by atoms with van der Waals surface area (Å²) in [5.74, 6) is 3.25. The second kappa shape index (κ2) is 9.61. The lowest BCUT2D eigenvalue weighted by atomic mass is 9.88. The molecule has 172 valence electrons. The number of carbonyl (C=O) groups is 1. The van der Waals surface area contributed by atoms with Gasteiger partial charge in [0.2, 0.25) is 0 Å². The van der Waals surface area contributed by atoms with Crippen LogP contribution in [-0.2, 0) is 11.8 Å². The molecule has 9 heteroatoms. The van der Waals surface area contributed by atoms with Crippen LogP contribution in [0, 0.1) is 23.5 Å². The van der Waals surface area contributed by atoms with E-state index in [9.17, 15) is 18.4 Å². The van der Waals surface area contributed by atoms with E-state index in [1.165, 1.54) is 11.7 Å². The van der Waals surface area contributed by atoms with Crippen LogP contribution < -0.4 is 5.56 Å². The van der Waals surface area contributed by atoms with E-state index in [-0.39, 0.29) is 28.7 Å². The van der Waals surface area contributed by atoms with E-state index in [2.05, 4.69) is 32.9 Å². The Labute approximate surface area is 201 Å². The van der Waals surface area contributed by atoms with E-state index in [1.54, 1.807) is 48.4 Å². The van der Waals surface area contributed by atoms with E-state index in [1.807, 2.05) is 0 Å². The molecule has 0 fully saturated rings. The molecule has 3 heterocycles. The van der Waals surface area contributed by atoms with Crippen LogP contribution in [-0.4, -0.2) is 27.3 Å². The van der Waals surface area contributed by atoms with Crippen LogP contribution in [0.15, 0.2) is 64.3 Å². The molecule has 0 radical (unpaired) electrons. The number of esters is 1. The SMILES string of the molecule is COC(=O)c1ccn2ncc(Br)c2c1C#CCC(c1cc(F)ccc1F)c1cccn(C)c1=O. The number of rotatable bonds is 4. The number of benzene rings is 1. The van der Waals surface area contributed by atoms with Crippen molar-refractivity contribution < 1.29 is 18.3 Å². The van der Waals surface area contributed by atoms with Gasteiger partial charge >= 0.3 is 5.97 Å². The third-order valence-corrected chi connectivity index (χ3v) is 6.01. The van der Waals surface area contributed by atoms with Gasteiger partial charge in [0.05, 0.1) is 34.4 Å². The van der Waals surface area contributed by atoms with Crippen molar-refractivity contribution in [3.05, 3.63) is 104 Å². The average molecular weight is 526 g/mol. The Morgan fingerprint density at radius 2 is 2.00 bits per heavy atom. The van der Waals surface area contributed by atoms with Crippen molar-refractivity contribution in [1.29, 1.82) is 0 Å². The van der Waals surface area contributed by atoms with Crippen LogP contribution in [0.25, 0.3) is 5.52 Å². The fourth-order valence-electron chi connectivity index (χ4n) is 3.75. The zero-order chi connectivity index (χ0) is 24.4. The monoisotopic (exact) mass is 525 g/mol. The molecule has 0 spiro atoms. The first-order valence-corrected chi connectivity index (χ1v) is 10.9. The van der Waals surface area contributed by atoms with Gasteiger partial charge in [0.1, 0.15) is 11.6 Å². The van der Waals surface area contributed by atoms with E-state index < -0.39 is 23.5 Å². The van der Waals surface area contributed by atoms with Gasteiger partial charge in [-0.2, -0.15) is 5.10 Å². The van der Waals surface area contributed by atoms with Crippen LogP contribution in [0.1, 0.15) is 39.4 Å². The molecule has 4 aromatic rings. The first kappa shape index (κ1) is 23.4. The van der Waals surface area contributed by atoms with Crippen molar-refractivity contribution in [2.75, 3.05) is 7.11 Å². The first-order chi connectivity index (χ1) is 16.3. The van der Waals surface area contributed by atoms with E-state index in [4.69, 9.17) is 4.74 Å². The zero-order valence-electron chi connectivity index (χ0n) is 18.2. The lowest BCUT2D eigenvalue weighted by Crippen LogP contribution is -2.23. The van der Waals surface area contributed by atoms with Crippen molar-refractivity contribution in [2.24, 2.45) is 7.05 Å². The van der Waals surface area contributed by atoms with Crippen LogP contribution >= 0.6 is 15.9 Å². The summed E-state index contributed by atoms with van der Waals surface area (Å²) in [5.41, 5.74) is 1.11. The summed E-state index contributed by atoms with van der Waals surface area (Å²) in [4.78, 5) is 25.1. The molecule has 3 aromatic heterocycles. The molecule has 34 heavy (non-hydrogen) atoms. The van der Waals surface area contributed by atoms with Gasteiger partial charge in [-0.15, -0.1) is 0 Å². The highest BCUT2D eigenvalue weighted by atomic mass is 79.9. The van der Waals surface area contributed by atoms with Crippen LogP contribution in [0.2, 0.25) is 0 Å². The van der Waals surface area contributed by atoms with Crippen molar-refractivity contribution in [1.82, 2.24) is 14.2 Å². The largest absolute Gasteiger partial charge is 0.465 e. The number of aryl methyl sites for hydroxylation is 1. The van der Waals surface area contributed by atoms with Gasteiger partial charge in [-0.05, 0) is 51.8 Å². The Balaban J connectivity index is 1.86. The Hall–Kier alpha value is -3.77. The summed E-state index contributed by atoms with van der Waals surface area (Å²) in [6, 6.07) is 7.89. The van der Waals surface area contributed by atoms with E-state index in [0.717, 1.165) is 18.2 Å². The highest BCUT2D eigenvalue weighted by molar-refractivity contribution is 9.10. The number of methoxy groups -OCH3 is 1. The predicted octanol–water partition coefficient (Wildman–Crippen LogP) is 4.43. The van der Waals surface area contributed by atoms with Crippen LogP contribution in [0.3, 0.4) is 0 Å². The van der Waals surface area contributed by atoms with E-state index in [0.29, 0.717) is 15.6 Å². The molecule has 0 bridgehead atoms. The normalized spacial score (nSPS) is 11.7. The molecule has 6 nitrogen and oxygen atoms in total. The van der Waals surface area contributed by atoms with Gasteiger partial charge in [0, 0.05) is 37.3 Å². The second-order valence-corrected chi connectivity index (χ2v) is 8.34. The number of ether oxygens (including phenoxy) is 1. The summed E-state index contributed by atoms with van der Waals surface area (Å²) in [6.07, 6.45) is 4.75. The maximum atomic E-state index is 14.7. The van der Waals surface area contributed by atoms with Crippen molar-refractivity contribution in [2.45, 2.75) is 12.3 Å². The summed E-state index contributed by atoms with van der Waals surface area (Å²) in [6.45, 7) is 0. The minimum absolute atomic E-state index is 0.00690. The molecule has 0 N–H and O–H groups in total. The number of pyridine rings is 2. The minimum atomic E-state index is -0.835. The number of aromatic nitrogens is 3. The number of halogens is 3. The van der Waals surface area contributed by atoms with Crippen molar-refractivity contribution in [3.63, 3.8) is 0 Å². The van der Waals surface area contributed by atoms with Gasteiger partial charge in [-0.3, -0.25) is 4.79 Å². The smallest absolute Gasteiger partial charge is 0.339 e. The van der Waals surface area contributed by atoms with Gasteiger partial charge in [0.15, 0.2) is 0 Å². The van der Waals surface area contributed by atoms with Crippen molar-refractivity contribution in [3.8, 4) is 11.8 Å². The standard InChI is InChI=1S/C25H18BrF2N3O3/c1-30-11-4-7-18(24(30)32)16(20-13-15(27)8-9-22(20)28)5-3-6-17-19(25(33)34-2)10-12-31-23(17)21(26)14-29-31/h4,7-14,16H,5H2,1-2H3. The Bertz CT molecular complexity index is 1530. The van der Waals surface area contributed by atoms with Gasteiger partial charge in [-0.25, -0.2) is 18.1 Å². The molecule has 0 saturated carbocycles. The van der Waals surface area contributed by atoms with Crippen molar-refractivity contribution >= 4 is 27.4 Å². The average Bonchev–Trinajstić information content (AvgIpc) is 3.21. The second-order valence-electron chi connectivity index (χ2n) is 7.49. The molecule has 0 amide bonds. The number of nitrogens with zero attached hydrogens (tertiary/aromatic N) is 3. The molecule has 1 atom stereocenters. The van der Waals surface area contributed by atoms with Crippen LogP contribution in [0.5, 0.6) is 0 Å². The lowest BCUT2D eigenvalue weighted by Gasteiger charge is -2.16. The number of hydrogen-bond donors (Lipinski definition) is 0. The number of hydrogen-bond acceptors (Lipinski definition) is 4. The number of carbonyl (C=O) groups excluding carboxylic acids is 1. The van der Waals surface area contributed by atoms with Crippen LogP contribution in [0.4, 0.5) is 8.78 Å². The fourth-order valence-corrected chi connectivity index (χ4v) is 4.22. The Morgan fingerprint density at radius 1 is 1.21 bits per heavy atom. The molecule has 1 unspecified atom stereocenters. The highest BCUT2D eigenvalue weighted by Crippen LogP contribution is 2.29. The fraction of sp³-hybridized carbons (Fsp3) is 0.160. The third-order valence-electron chi connectivity index (χ3n) is 5.43. The maximum absolute atomic E-state index is 14.7. The topological polar surface area (TPSA) is 65.6 Å². The zero-order valence-corrected chi connectivity index (χ0v) is 19.8.